The van der Waals surface area contributed by atoms with Gasteiger partial charge in [-0.15, -0.1) is 23.7 Å². The molecule has 4 heterocycles. The van der Waals surface area contributed by atoms with E-state index < -0.39 is 52.2 Å². The molecule has 4 saturated heterocycles. The van der Waals surface area contributed by atoms with Crippen molar-refractivity contribution in [1.29, 1.82) is 0 Å². The lowest BCUT2D eigenvalue weighted by molar-refractivity contribution is -0.197. The third kappa shape index (κ3) is 9.21. The Morgan fingerprint density at radius 2 is 1.20 bits per heavy atom. The number of nitrogens with zero attached hydrogens (tertiary/aromatic N) is 2. The Labute approximate surface area is 447 Å². The molecule has 10 rings (SSSR count). The largest absolute Gasteiger partial charge is 0.445 e. The van der Waals surface area contributed by atoms with Crippen LogP contribution in [0.15, 0.2) is 0 Å². The number of aliphatic hydroxyl groups is 1. The number of hydrogen-bond acceptors (Lipinski definition) is 12. The van der Waals surface area contributed by atoms with Gasteiger partial charge in [-0.1, -0.05) is 55.4 Å². The summed E-state index contributed by atoms with van der Waals surface area (Å²) >= 11 is 0. The third-order valence-electron chi connectivity index (χ3n) is 23.7. The number of rotatable bonds is 7. The summed E-state index contributed by atoms with van der Waals surface area (Å²) in [5.41, 5.74) is -2.84. The van der Waals surface area contributed by atoms with Gasteiger partial charge in [-0.25, -0.2) is 9.59 Å². The lowest BCUT2D eigenvalue weighted by atomic mass is 9.43. The van der Waals surface area contributed by atoms with E-state index in [1.165, 1.54) is 0 Å². The van der Waals surface area contributed by atoms with Crippen LogP contribution >= 0.6 is 0 Å². The number of methoxy groups -OCH3 is 1. The van der Waals surface area contributed by atoms with Gasteiger partial charge >= 0.3 is 12.2 Å². The first-order valence-electron chi connectivity index (χ1n) is 29.0. The first-order valence-corrected chi connectivity index (χ1v) is 29.0. The van der Waals surface area contributed by atoms with Crippen LogP contribution in [0.5, 0.6) is 0 Å². The molecule has 0 aromatic carbocycles. The predicted octanol–water partition coefficient (Wildman–Crippen LogP) is 8.22. The molecule has 414 valence electrons. The minimum Gasteiger partial charge on any atom is -0.445 e. The second kappa shape index (κ2) is 20.8. The van der Waals surface area contributed by atoms with Crippen molar-refractivity contribution < 1.29 is 48.1 Å². The molecular weight excluding hydrogens is 949 g/mol. The van der Waals surface area contributed by atoms with Crippen LogP contribution in [0.3, 0.4) is 0 Å². The molecule has 10 fully saturated rings. The predicted molar refractivity (Wildman–Crippen MR) is 283 cm³/mol. The molecule has 0 spiro atoms. The summed E-state index contributed by atoms with van der Waals surface area (Å²) in [7, 11) is 1.77. The van der Waals surface area contributed by atoms with Crippen LogP contribution in [0.25, 0.3) is 0 Å². The molecule has 0 aromatic heterocycles. The molecule has 75 heavy (non-hydrogen) atoms. The van der Waals surface area contributed by atoms with Gasteiger partial charge in [0.25, 0.3) is 0 Å². The van der Waals surface area contributed by atoms with E-state index in [1.54, 1.807) is 21.0 Å². The first kappa shape index (κ1) is 55.9. The monoisotopic (exact) mass is 1040 g/mol. The number of amides is 4. The Balaban J connectivity index is 0.000000184. The van der Waals surface area contributed by atoms with Crippen LogP contribution in [0.4, 0.5) is 9.59 Å². The number of hydrogen-bond donors (Lipinski definition) is 3. The van der Waals surface area contributed by atoms with E-state index in [9.17, 15) is 33.9 Å². The molecule has 6 unspecified atom stereocenters. The second-order valence-electron chi connectivity index (χ2n) is 27.0. The summed E-state index contributed by atoms with van der Waals surface area (Å²) in [6.45, 7) is 26.0. The van der Waals surface area contributed by atoms with Gasteiger partial charge in [0, 0.05) is 92.0 Å². The maximum Gasteiger partial charge on any atom is 0.414 e. The third-order valence-corrected chi connectivity index (χ3v) is 23.7. The summed E-state index contributed by atoms with van der Waals surface area (Å²) in [4.78, 5) is 85.2. The molecule has 22 atom stereocenters. The second-order valence-corrected chi connectivity index (χ2v) is 27.0. The van der Waals surface area contributed by atoms with Gasteiger partial charge < -0.3 is 29.1 Å². The molecule has 0 aromatic rings. The molecule has 0 radical (unpaired) electrons. The van der Waals surface area contributed by atoms with Crippen LogP contribution in [0.2, 0.25) is 0 Å². The minimum absolute atomic E-state index is 0.0108. The van der Waals surface area contributed by atoms with Crippen molar-refractivity contribution in [2.24, 2.45) is 91.7 Å². The molecule has 4 aliphatic heterocycles. The fraction of sp³-hybridized carbons (Fsp3) is 0.836. The maximum atomic E-state index is 14.3. The number of piperidine rings is 2. The molecular formula is C61H90N4O10. The van der Waals surface area contributed by atoms with Crippen molar-refractivity contribution in [3.63, 3.8) is 0 Å². The van der Waals surface area contributed by atoms with Crippen molar-refractivity contribution in [2.75, 3.05) is 46.4 Å². The van der Waals surface area contributed by atoms with E-state index in [0.717, 1.165) is 84.0 Å². The summed E-state index contributed by atoms with van der Waals surface area (Å²) in [5.74, 6) is 12.6. The van der Waals surface area contributed by atoms with Gasteiger partial charge in [0.05, 0.1) is 24.0 Å². The van der Waals surface area contributed by atoms with E-state index in [2.05, 4.69) is 85.7 Å². The van der Waals surface area contributed by atoms with Gasteiger partial charge in [0.15, 0.2) is 0 Å². The summed E-state index contributed by atoms with van der Waals surface area (Å²) in [6, 6.07) is 0. The number of nitrogens with one attached hydrogen (secondary N) is 2. The number of imide groups is 2. The van der Waals surface area contributed by atoms with E-state index in [4.69, 9.17) is 14.2 Å². The number of ether oxygens (including phenoxy) is 3. The molecule has 6 aliphatic carbocycles. The summed E-state index contributed by atoms with van der Waals surface area (Å²) in [6.07, 6.45) is 7.38. The number of ketones is 2. The average molecular weight is 1040 g/mol. The number of carbonyl (C=O) groups excluding carboxylic acids is 6. The quantitative estimate of drug-likeness (QED) is 0.208. The van der Waals surface area contributed by atoms with Crippen LogP contribution in [-0.2, 0) is 33.4 Å². The highest BCUT2D eigenvalue weighted by Gasteiger charge is 2.70. The Bertz CT molecular complexity index is 2410. The van der Waals surface area contributed by atoms with E-state index in [-0.39, 0.29) is 87.7 Å². The van der Waals surface area contributed by atoms with Gasteiger partial charge in [-0.2, -0.15) is 0 Å². The fourth-order valence-corrected chi connectivity index (χ4v) is 18.8. The minimum atomic E-state index is -0.739. The molecule has 10 aliphatic rings. The Morgan fingerprint density at radius 1 is 0.680 bits per heavy atom. The van der Waals surface area contributed by atoms with Crippen molar-refractivity contribution in [3.8, 4) is 23.7 Å². The highest BCUT2D eigenvalue weighted by molar-refractivity contribution is 5.94. The number of carbonyl (C=O) groups is 6. The molecule has 3 N–H and O–H groups in total. The van der Waals surface area contributed by atoms with Gasteiger partial charge in [-0.05, 0) is 138 Å². The SMILES string of the molecule is CC#CC[C@]1(C)C[C@@H](OC(=O)NC(=O)[C@H]2CN3CC[C@@H]2C3)[C@@]2(C)C3C(=O)CCC3(CC[C@H]2C)[C@@H](C)[C@@H]1O.CC#CC[C@]1(C)C[C@@H](OC(=O)NC(=O)[C@H]2CN3CC[C@@H]2C3)[C@@]2(C)C3[C@H](OC)CCC3(CC[C@H]2C)[C@@H](C)C1=O. The van der Waals surface area contributed by atoms with Crippen molar-refractivity contribution in [3.05, 3.63) is 0 Å². The van der Waals surface area contributed by atoms with Gasteiger partial charge in [0.1, 0.15) is 23.8 Å². The van der Waals surface area contributed by atoms with Crippen molar-refractivity contribution in [1.82, 2.24) is 20.4 Å². The number of fused-ring (bicyclic) bond motifs is 4. The number of Topliss-reactive ketones (excluding diaryl/α,β-unsaturated/α-hetero) is 2. The van der Waals surface area contributed by atoms with E-state index >= 15 is 0 Å². The van der Waals surface area contributed by atoms with Crippen LogP contribution in [-0.4, -0.2) is 121 Å². The Hall–Kier alpha value is -3.82. The molecule has 6 saturated carbocycles. The molecule has 4 amide bonds. The smallest absolute Gasteiger partial charge is 0.414 e. The zero-order valence-electron chi connectivity index (χ0n) is 47.2. The molecule has 14 heteroatoms. The Kier molecular flexibility index (Phi) is 15.5. The van der Waals surface area contributed by atoms with Crippen molar-refractivity contribution >= 4 is 35.6 Å². The fourth-order valence-electron chi connectivity index (χ4n) is 18.8. The summed E-state index contributed by atoms with van der Waals surface area (Å²) < 4.78 is 18.6. The standard InChI is InChI=1S/C31H46N2O5.C30H44N2O5/c1-7-8-12-29(4)16-24(38-28(36)32-27(35)22-18-33-15-11-21(22)17-33)30(5)19(2)9-13-31(20(3)26(29)34)14-10-23(37-6)25(30)31;1-6-7-11-28(4)15-23(37-27(36)31-26(35)21-17-32-14-10-20(21)16-32)29(5)18(2)8-12-30(19(3)25(28)34)13-9-22(33)24(29)30/h19-25H,9-18H2,1-6H3,(H,32,35,36);18-21,23-25,34H,8-17H2,1-5H3,(H,31,35,36)/t19-,20+,21-,22+,23-,24-,25?,29-,30+,31?;18-,19+,20-,21+,23-,24?,25+,28-,29+,30?/m11/s1. The topological polar surface area (TPSA) is 181 Å². The number of alkyl carbamates (subject to hydrolysis) is 2. The molecule has 8 bridgehead atoms. The zero-order chi connectivity index (χ0) is 54.2. The highest BCUT2D eigenvalue weighted by Crippen LogP contribution is 2.70. The van der Waals surface area contributed by atoms with Crippen LogP contribution in [0.1, 0.15) is 159 Å². The van der Waals surface area contributed by atoms with E-state index in [1.807, 2.05) is 13.8 Å². The van der Waals surface area contributed by atoms with Gasteiger partial charge in [-0.3, -0.25) is 29.8 Å². The van der Waals surface area contributed by atoms with Crippen LogP contribution in [0, 0.1) is 115 Å². The van der Waals surface area contributed by atoms with Crippen LogP contribution < -0.4 is 10.6 Å². The van der Waals surface area contributed by atoms with Crippen molar-refractivity contribution in [2.45, 2.75) is 184 Å². The average Bonchev–Trinajstić information content (AvgIpc) is 4.28. The first-order chi connectivity index (χ1) is 35.5. The Morgan fingerprint density at radius 3 is 1.72 bits per heavy atom. The lowest BCUT2D eigenvalue weighted by Gasteiger charge is -2.62. The highest BCUT2D eigenvalue weighted by atomic mass is 16.6. The van der Waals surface area contributed by atoms with Gasteiger partial charge in [0.2, 0.25) is 11.8 Å². The molecule has 14 nitrogen and oxygen atoms in total. The summed E-state index contributed by atoms with van der Waals surface area (Å²) in [5, 5.41) is 17.0. The van der Waals surface area contributed by atoms with E-state index in [0.29, 0.717) is 57.0 Å². The number of aliphatic hydroxyl groups excluding tert-OH is 1. The normalized spacial score (nSPS) is 47.8. The maximum absolute atomic E-state index is 14.3. The zero-order valence-corrected chi connectivity index (χ0v) is 47.2. The lowest BCUT2D eigenvalue weighted by Crippen LogP contribution is -2.63.